The van der Waals surface area contributed by atoms with Crippen molar-refractivity contribution in [3.05, 3.63) is 64.4 Å². The number of aliphatic hydroxyl groups is 1. The number of carbonyl (C=O) groups is 2. The highest BCUT2D eigenvalue weighted by Crippen LogP contribution is 2.45. The molecular formula is C33H38F3N3O4S. The Labute approximate surface area is 259 Å². The number of methoxy groups -OCH3 is 1. The minimum absolute atomic E-state index is 0.0494. The zero-order chi connectivity index (χ0) is 31.9. The lowest BCUT2D eigenvalue weighted by molar-refractivity contribution is -0.128. The molecule has 236 valence electrons. The van der Waals surface area contributed by atoms with Crippen molar-refractivity contribution in [2.45, 2.75) is 82.8 Å². The summed E-state index contributed by atoms with van der Waals surface area (Å²) < 4.78 is 47.4. The van der Waals surface area contributed by atoms with E-state index in [1.54, 1.807) is 6.07 Å². The number of hydrogen-bond acceptors (Lipinski definition) is 8. The molecule has 11 heteroatoms. The summed E-state index contributed by atoms with van der Waals surface area (Å²) in [4.78, 5) is 29.5. The Balaban J connectivity index is 1.33. The number of nitrogens with zero attached hydrogens (tertiary/aromatic N) is 3. The second-order valence-electron chi connectivity index (χ2n) is 13.4. The lowest BCUT2D eigenvalue weighted by atomic mass is 9.68. The molecular weight excluding hydrogens is 591 g/mol. The Bertz CT molecular complexity index is 1540. The van der Waals surface area contributed by atoms with Crippen LogP contribution >= 0.6 is 11.3 Å². The monoisotopic (exact) mass is 629 g/mol. The van der Waals surface area contributed by atoms with E-state index in [1.165, 1.54) is 25.3 Å². The van der Waals surface area contributed by atoms with Crippen LogP contribution in [-0.4, -0.2) is 63.6 Å². The van der Waals surface area contributed by atoms with Crippen molar-refractivity contribution in [2.75, 3.05) is 20.2 Å². The van der Waals surface area contributed by atoms with E-state index in [2.05, 4.69) is 15.1 Å². The van der Waals surface area contributed by atoms with E-state index in [4.69, 9.17) is 4.74 Å². The fourth-order valence-corrected chi connectivity index (χ4v) is 7.56. The molecule has 44 heavy (non-hydrogen) atoms. The molecule has 1 aliphatic heterocycles. The van der Waals surface area contributed by atoms with Crippen LogP contribution in [0.4, 0.5) is 13.2 Å². The third kappa shape index (κ3) is 7.05. The number of ketones is 2. The summed E-state index contributed by atoms with van der Waals surface area (Å²) >= 11 is 0.940. The van der Waals surface area contributed by atoms with Crippen molar-refractivity contribution >= 4 is 22.9 Å². The van der Waals surface area contributed by atoms with Gasteiger partial charge in [-0.05, 0) is 62.9 Å². The van der Waals surface area contributed by atoms with Gasteiger partial charge in [0.25, 0.3) is 0 Å². The first-order valence-corrected chi connectivity index (χ1v) is 15.7. The number of ether oxygens (including phenoxy) is 1. The Morgan fingerprint density at radius 1 is 1.05 bits per heavy atom. The SMILES string of the molecule is COc1ccc(F)cc1C(C)(C)CC(=O)CC1(CC(=O)c2nnc(-c3ccc(F)cc3F)s2)CN(C2CCC(C)(O)CC2)C1. The predicted octanol–water partition coefficient (Wildman–Crippen LogP) is 6.53. The molecule has 2 heterocycles. The van der Waals surface area contributed by atoms with Crippen LogP contribution < -0.4 is 4.74 Å². The summed E-state index contributed by atoms with van der Waals surface area (Å²) in [5.41, 5.74) is -1.37. The van der Waals surface area contributed by atoms with E-state index in [0.29, 0.717) is 37.2 Å². The quantitative estimate of drug-likeness (QED) is 0.241. The van der Waals surface area contributed by atoms with E-state index in [9.17, 15) is 27.9 Å². The van der Waals surface area contributed by atoms with Crippen LogP contribution in [0, 0.1) is 22.9 Å². The standard InChI is InChI=1S/C33H38F3N3O4S/c1-31(2,25-13-20(34)6-8-28(25)43-4)15-23(40)16-33(18-39(19-33)22-9-11-32(3,42)12-10-22)17-27(41)30-38-37-29(44-30)24-7-5-21(35)14-26(24)36/h5-8,13-14,22,42H,9-12,15-19H2,1-4H3. The van der Waals surface area contributed by atoms with Crippen molar-refractivity contribution in [3.8, 4) is 16.3 Å². The third-order valence-corrected chi connectivity index (χ3v) is 10.1. The number of carbonyl (C=O) groups excluding carboxylic acids is 2. The molecule has 2 fully saturated rings. The molecule has 2 aromatic carbocycles. The summed E-state index contributed by atoms with van der Waals surface area (Å²) in [7, 11) is 1.51. The van der Waals surface area contributed by atoms with Crippen LogP contribution in [0.5, 0.6) is 5.75 Å². The van der Waals surface area contributed by atoms with Crippen molar-refractivity contribution in [1.82, 2.24) is 15.1 Å². The molecule has 0 amide bonds. The van der Waals surface area contributed by atoms with Crippen LogP contribution in [0.15, 0.2) is 36.4 Å². The molecule has 0 spiro atoms. The van der Waals surface area contributed by atoms with Gasteiger partial charge in [0, 0.05) is 66.4 Å². The number of benzene rings is 2. The highest BCUT2D eigenvalue weighted by molar-refractivity contribution is 7.16. The molecule has 0 radical (unpaired) electrons. The van der Waals surface area contributed by atoms with Crippen LogP contribution in [-0.2, 0) is 10.2 Å². The maximum atomic E-state index is 14.3. The van der Waals surface area contributed by atoms with Crippen molar-refractivity contribution in [2.24, 2.45) is 5.41 Å². The third-order valence-electron chi connectivity index (χ3n) is 9.09. The molecule has 1 aliphatic carbocycles. The molecule has 0 atom stereocenters. The van der Waals surface area contributed by atoms with E-state index in [0.717, 1.165) is 36.3 Å². The first-order valence-electron chi connectivity index (χ1n) is 14.8. The molecule has 0 bridgehead atoms. The van der Waals surface area contributed by atoms with Gasteiger partial charge in [-0.15, -0.1) is 10.2 Å². The molecule has 1 N–H and O–H groups in total. The van der Waals surface area contributed by atoms with Gasteiger partial charge in [0.2, 0.25) is 0 Å². The lowest BCUT2D eigenvalue weighted by Crippen LogP contribution is -2.62. The highest BCUT2D eigenvalue weighted by atomic mass is 32.1. The molecule has 1 saturated carbocycles. The van der Waals surface area contributed by atoms with Crippen LogP contribution in [0.3, 0.4) is 0 Å². The Morgan fingerprint density at radius 2 is 1.70 bits per heavy atom. The maximum Gasteiger partial charge on any atom is 0.194 e. The summed E-state index contributed by atoms with van der Waals surface area (Å²) in [5.74, 6) is -1.76. The van der Waals surface area contributed by atoms with E-state index < -0.39 is 33.9 Å². The zero-order valence-electron chi connectivity index (χ0n) is 25.5. The van der Waals surface area contributed by atoms with Crippen molar-refractivity contribution < 1.29 is 32.6 Å². The number of Topliss-reactive ketones (excluding diaryl/α,β-unsaturated/α-hetero) is 2. The Morgan fingerprint density at radius 3 is 2.36 bits per heavy atom. The number of rotatable bonds is 11. The predicted molar refractivity (Wildman–Crippen MR) is 161 cm³/mol. The van der Waals surface area contributed by atoms with Gasteiger partial charge in [0.1, 0.15) is 29.0 Å². The fraction of sp³-hybridized carbons (Fsp3) is 0.515. The second kappa shape index (κ2) is 12.3. The Kier molecular flexibility index (Phi) is 9.04. The van der Waals surface area contributed by atoms with Gasteiger partial charge in [-0.1, -0.05) is 25.2 Å². The second-order valence-corrected chi connectivity index (χ2v) is 14.4. The fourth-order valence-electron chi connectivity index (χ4n) is 6.75. The van der Waals surface area contributed by atoms with Gasteiger partial charge in [0.05, 0.1) is 12.7 Å². The highest BCUT2D eigenvalue weighted by Gasteiger charge is 2.49. The van der Waals surface area contributed by atoms with E-state index >= 15 is 0 Å². The maximum absolute atomic E-state index is 14.3. The van der Waals surface area contributed by atoms with Gasteiger partial charge in [-0.25, -0.2) is 13.2 Å². The molecule has 2 aliphatic rings. The van der Waals surface area contributed by atoms with Crippen molar-refractivity contribution in [3.63, 3.8) is 0 Å². The normalized spacial score (nSPS) is 22.0. The number of halogens is 3. The van der Waals surface area contributed by atoms with Gasteiger partial charge >= 0.3 is 0 Å². The number of likely N-dealkylation sites (tertiary alicyclic amines) is 1. The molecule has 0 unspecified atom stereocenters. The summed E-state index contributed by atoms with van der Waals surface area (Å²) in [6.07, 6.45) is 3.39. The molecule has 1 saturated heterocycles. The van der Waals surface area contributed by atoms with Crippen LogP contribution in [0.2, 0.25) is 0 Å². The molecule has 1 aromatic heterocycles. The average molecular weight is 630 g/mol. The number of hydrogen-bond donors (Lipinski definition) is 1. The van der Waals surface area contributed by atoms with Gasteiger partial charge < -0.3 is 9.84 Å². The van der Waals surface area contributed by atoms with E-state index in [-0.39, 0.29) is 52.4 Å². The van der Waals surface area contributed by atoms with Gasteiger partial charge in [0.15, 0.2) is 15.8 Å². The first kappa shape index (κ1) is 32.2. The summed E-state index contributed by atoms with van der Waals surface area (Å²) in [6, 6.07) is 7.67. The average Bonchev–Trinajstić information content (AvgIpc) is 3.41. The topological polar surface area (TPSA) is 92.6 Å². The van der Waals surface area contributed by atoms with Gasteiger partial charge in [-0.3, -0.25) is 14.5 Å². The van der Waals surface area contributed by atoms with E-state index in [1.807, 2.05) is 20.8 Å². The van der Waals surface area contributed by atoms with Crippen molar-refractivity contribution in [1.29, 1.82) is 0 Å². The zero-order valence-corrected chi connectivity index (χ0v) is 26.3. The molecule has 5 rings (SSSR count). The first-order chi connectivity index (χ1) is 20.7. The summed E-state index contributed by atoms with van der Waals surface area (Å²) in [5, 5.41) is 18.7. The molecule has 3 aromatic rings. The smallest absolute Gasteiger partial charge is 0.194 e. The number of aromatic nitrogens is 2. The molecule has 7 nitrogen and oxygen atoms in total. The van der Waals surface area contributed by atoms with Crippen LogP contribution in [0.25, 0.3) is 10.6 Å². The Hall–Kier alpha value is -3.15. The van der Waals surface area contributed by atoms with Crippen LogP contribution in [0.1, 0.15) is 81.1 Å². The summed E-state index contributed by atoms with van der Waals surface area (Å²) in [6.45, 7) is 6.68. The minimum atomic E-state index is -0.791. The minimum Gasteiger partial charge on any atom is -0.496 e. The largest absolute Gasteiger partial charge is 0.496 e. The lowest BCUT2D eigenvalue weighted by Gasteiger charge is -2.54. The van der Waals surface area contributed by atoms with Gasteiger partial charge in [-0.2, -0.15) is 0 Å².